The number of benzene rings is 2. The second-order valence-corrected chi connectivity index (χ2v) is 10.2. The zero-order valence-corrected chi connectivity index (χ0v) is 20.9. The van der Waals surface area contributed by atoms with Crippen LogP contribution >= 0.6 is 11.3 Å². The number of nitrogens with zero attached hydrogens (tertiary/aromatic N) is 2. The van der Waals surface area contributed by atoms with Crippen LogP contribution in [0.1, 0.15) is 44.5 Å². The molecule has 6 rings (SSSR count). The number of nitrogen functional groups attached to an aromatic ring is 1. The lowest BCUT2D eigenvalue weighted by Gasteiger charge is -2.24. The van der Waals surface area contributed by atoms with Gasteiger partial charge in [0.15, 0.2) is 0 Å². The lowest BCUT2D eigenvalue weighted by molar-refractivity contribution is -0.672. The Morgan fingerprint density at radius 1 is 1.15 bits per heavy atom. The molecule has 198 valence electrons. The van der Waals surface area contributed by atoms with E-state index < -0.39 is 23.5 Å². The molecule has 12 heteroatoms. The topological polar surface area (TPSA) is 115 Å². The summed E-state index contributed by atoms with van der Waals surface area (Å²) in [5, 5.41) is 2.96. The van der Waals surface area contributed by atoms with Crippen molar-refractivity contribution in [1.29, 1.82) is 0 Å². The van der Waals surface area contributed by atoms with Crippen LogP contribution < -0.4 is 20.8 Å². The first-order valence-corrected chi connectivity index (χ1v) is 12.8. The summed E-state index contributed by atoms with van der Waals surface area (Å²) in [5.41, 5.74) is 8.77. The van der Waals surface area contributed by atoms with Gasteiger partial charge in [-0.1, -0.05) is 30.3 Å². The zero-order chi connectivity index (χ0) is 27.3. The molecule has 1 aliphatic carbocycles. The van der Waals surface area contributed by atoms with Crippen LogP contribution in [0, 0.1) is 0 Å². The van der Waals surface area contributed by atoms with E-state index in [0.29, 0.717) is 16.1 Å². The van der Waals surface area contributed by atoms with Crippen molar-refractivity contribution in [2.45, 2.75) is 31.5 Å². The van der Waals surface area contributed by atoms with Crippen LogP contribution in [0.4, 0.5) is 18.9 Å². The number of ketones is 1. The molecule has 2 aromatic carbocycles. The summed E-state index contributed by atoms with van der Waals surface area (Å²) in [7, 11) is 0. The molecule has 39 heavy (non-hydrogen) atoms. The molecule has 0 spiro atoms. The van der Waals surface area contributed by atoms with Gasteiger partial charge in [0, 0.05) is 23.2 Å². The Morgan fingerprint density at radius 2 is 1.90 bits per heavy atom. The van der Waals surface area contributed by atoms with Crippen LogP contribution in [0.3, 0.4) is 0 Å². The monoisotopic (exact) mass is 553 g/mol. The number of aromatic nitrogens is 3. The van der Waals surface area contributed by atoms with E-state index in [1.54, 1.807) is 0 Å². The number of alkyl halides is 3. The van der Waals surface area contributed by atoms with Crippen molar-refractivity contribution in [2.75, 3.05) is 5.73 Å². The van der Waals surface area contributed by atoms with E-state index in [9.17, 15) is 22.8 Å². The number of fused-ring (bicyclic) bond motifs is 2. The third-order valence-corrected chi connectivity index (χ3v) is 7.87. The third-order valence-electron chi connectivity index (χ3n) is 6.75. The second-order valence-electron chi connectivity index (χ2n) is 9.18. The van der Waals surface area contributed by atoms with Crippen LogP contribution in [-0.2, 0) is 12.8 Å². The van der Waals surface area contributed by atoms with Gasteiger partial charge in [-0.15, -0.1) is 24.5 Å². The number of halogens is 3. The number of carbonyl (C=O) groups excluding carboxylic acids is 1. The highest BCUT2D eigenvalue weighted by Crippen LogP contribution is 2.39. The molecule has 8 nitrogen and oxygen atoms in total. The molecule has 3 heterocycles. The summed E-state index contributed by atoms with van der Waals surface area (Å²) in [6.45, 7) is 0. The molecule has 5 aromatic rings. The highest BCUT2D eigenvalue weighted by molar-refractivity contribution is 7.21. The Hall–Kier alpha value is -4.45. The quantitative estimate of drug-likeness (QED) is 0.238. The van der Waals surface area contributed by atoms with Gasteiger partial charge in [-0.2, -0.15) is 0 Å². The van der Waals surface area contributed by atoms with Gasteiger partial charge in [-0.05, 0) is 64.5 Å². The maximum absolute atomic E-state index is 13.6. The predicted molar refractivity (Wildman–Crippen MR) is 136 cm³/mol. The molecule has 0 radical (unpaired) electrons. The van der Waals surface area contributed by atoms with E-state index in [0.717, 1.165) is 58.7 Å². The number of rotatable bonds is 5. The molecule has 1 aliphatic rings. The first-order valence-electron chi connectivity index (χ1n) is 12.0. The number of thiophene rings is 1. The lowest BCUT2D eigenvalue weighted by Crippen LogP contribution is -2.41. The van der Waals surface area contributed by atoms with Crippen LogP contribution in [0.15, 0.2) is 70.0 Å². The van der Waals surface area contributed by atoms with Gasteiger partial charge in [-0.3, -0.25) is 9.32 Å². The van der Waals surface area contributed by atoms with Gasteiger partial charge in [0.2, 0.25) is 5.69 Å². The Labute approximate surface area is 222 Å². The van der Waals surface area contributed by atoms with Gasteiger partial charge in [0.05, 0.1) is 5.69 Å². The molecule has 0 fully saturated rings. The van der Waals surface area contributed by atoms with Crippen LogP contribution in [0.2, 0.25) is 0 Å². The summed E-state index contributed by atoms with van der Waals surface area (Å²) in [4.78, 5) is 31.6. The molecule has 0 aliphatic heterocycles. The summed E-state index contributed by atoms with van der Waals surface area (Å²) in [6.07, 6.45) is -2.30. The smallest absolute Gasteiger partial charge is 0.406 e. The van der Waals surface area contributed by atoms with E-state index in [2.05, 4.69) is 22.1 Å². The van der Waals surface area contributed by atoms with Gasteiger partial charge >= 0.3 is 17.7 Å². The van der Waals surface area contributed by atoms with Gasteiger partial charge < -0.3 is 10.5 Å². The number of aryl methyl sites for hydroxylation is 1. The van der Waals surface area contributed by atoms with E-state index in [-0.39, 0.29) is 21.9 Å². The van der Waals surface area contributed by atoms with E-state index in [4.69, 9.17) is 15.2 Å². The number of H-pyrrole nitrogens is 1. The summed E-state index contributed by atoms with van der Waals surface area (Å²) >= 11 is 1.08. The van der Waals surface area contributed by atoms with E-state index >= 15 is 0 Å². The number of nitrogens with two attached hydrogens (primary N) is 1. The normalized spacial score (nSPS) is 15.3. The average molecular weight is 554 g/mol. The van der Waals surface area contributed by atoms with Gasteiger partial charge in [0.1, 0.15) is 15.5 Å². The van der Waals surface area contributed by atoms with Crippen molar-refractivity contribution >= 4 is 33.0 Å². The van der Waals surface area contributed by atoms with Crippen molar-refractivity contribution < 1.29 is 31.9 Å². The Kier molecular flexibility index (Phi) is 5.98. The Morgan fingerprint density at radius 3 is 2.62 bits per heavy atom. The minimum absolute atomic E-state index is 0.122. The highest BCUT2D eigenvalue weighted by atomic mass is 32.1. The Bertz CT molecular complexity index is 1760. The predicted octanol–water partition coefficient (Wildman–Crippen LogP) is 4.84. The molecular weight excluding hydrogens is 533 g/mol. The number of anilines is 1. The summed E-state index contributed by atoms with van der Waals surface area (Å²) < 4.78 is 47.3. The molecule has 1 unspecified atom stereocenters. The zero-order valence-electron chi connectivity index (χ0n) is 20.1. The maximum Gasteiger partial charge on any atom is 0.573 e. The summed E-state index contributed by atoms with van der Waals surface area (Å²) in [6, 6.07) is 16.8. The number of nitrogens with one attached hydrogen (secondary N) is 1. The van der Waals surface area contributed by atoms with Crippen LogP contribution in [-0.4, -0.2) is 22.4 Å². The van der Waals surface area contributed by atoms with Crippen molar-refractivity contribution in [3.63, 3.8) is 0 Å². The van der Waals surface area contributed by atoms with Crippen LogP contribution in [0.25, 0.3) is 15.9 Å². The number of pyridine rings is 1. The molecule has 3 N–H and O–H groups in total. The first kappa shape index (κ1) is 24.9. The minimum Gasteiger partial charge on any atom is -0.406 e. The maximum atomic E-state index is 13.6. The van der Waals surface area contributed by atoms with Crippen LogP contribution in [0.5, 0.6) is 5.75 Å². The van der Waals surface area contributed by atoms with Crippen molar-refractivity contribution in [2.24, 2.45) is 0 Å². The molecule has 0 bridgehead atoms. The number of ether oxygens (including phenoxy) is 1. The minimum atomic E-state index is -4.85. The van der Waals surface area contributed by atoms with Crippen molar-refractivity contribution in [3.8, 4) is 11.4 Å². The molecule has 3 aromatic heterocycles. The average Bonchev–Trinajstić information content (AvgIpc) is 3.46. The standard InChI is InChI=1S/C27H19F3N4O4S/c28-27(29,30)37-18-9-7-17(8-10-18)34-22(26(36)38-33-34)23(35)24-21(31)19-13-16-12-15(14-4-2-1-3-5-14)6-11-20(16)32-25(19)39-24/h1-5,7-10,13,15H,6,11-12H2,(H2-,31,33,35,36)/p+1. The fourth-order valence-corrected chi connectivity index (χ4v) is 5.96. The van der Waals surface area contributed by atoms with Gasteiger partial charge in [0.25, 0.3) is 5.78 Å². The van der Waals surface area contributed by atoms with E-state index in [1.807, 2.05) is 24.3 Å². The second kappa shape index (κ2) is 9.38. The largest absolute Gasteiger partial charge is 0.573 e. The highest BCUT2D eigenvalue weighted by Gasteiger charge is 2.36. The number of hydrogen-bond donors (Lipinski definition) is 2. The number of aromatic amines is 1. The van der Waals surface area contributed by atoms with E-state index in [1.165, 1.54) is 17.7 Å². The Balaban J connectivity index is 1.34. The summed E-state index contributed by atoms with van der Waals surface area (Å²) in [5.74, 6) is -0.791. The number of hydrogen-bond acceptors (Lipinski definition) is 7. The number of carbonyl (C=O) groups is 1. The fraction of sp³-hybridized carbons (Fsp3) is 0.185. The molecular formula is C27H20F3N4O4S+. The fourth-order valence-electron chi connectivity index (χ4n) is 4.92. The van der Waals surface area contributed by atoms with Crippen molar-refractivity contribution in [3.05, 3.63) is 98.5 Å². The lowest BCUT2D eigenvalue weighted by atomic mass is 9.82. The molecule has 0 saturated heterocycles. The van der Waals surface area contributed by atoms with Crippen molar-refractivity contribution in [1.82, 2.24) is 10.3 Å². The molecule has 0 amide bonds. The third kappa shape index (κ3) is 4.67. The van der Waals surface area contributed by atoms with Gasteiger partial charge in [-0.25, -0.2) is 9.78 Å². The molecule has 0 saturated carbocycles. The molecule has 1 atom stereocenters. The SMILES string of the molecule is Nc1c(C(=O)c2c(=O)o[nH][n+]2-c2ccc(OC(F)(F)F)cc2)sc2nc3c(cc12)CC(c1ccccc1)CC3. The first-order chi connectivity index (χ1) is 18.7.